The number of nitrogens with one attached hydrogen (secondary N) is 1. The van der Waals surface area contributed by atoms with Gasteiger partial charge in [0.2, 0.25) is 5.91 Å². The van der Waals surface area contributed by atoms with Crippen molar-refractivity contribution >= 4 is 5.91 Å². The van der Waals surface area contributed by atoms with E-state index in [0.29, 0.717) is 26.2 Å². The van der Waals surface area contributed by atoms with Crippen LogP contribution in [0.5, 0.6) is 11.5 Å². The third kappa shape index (κ3) is 3.76. The Morgan fingerprint density at radius 1 is 1.24 bits per heavy atom. The van der Waals surface area contributed by atoms with Gasteiger partial charge in [-0.15, -0.1) is 0 Å². The number of fused-ring (bicyclic) bond motifs is 1. The van der Waals surface area contributed by atoms with Crippen LogP contribution in [0.2, 0.25) is 0 Å². The minimum absolute atomic E-state index is 0.0339. The molecule has 0 bridgehead atoms. The SMILES string of the molecule is CCCC(C)(N)C(=O)NCC1(c2ccc3c(c2)OCCO3)CCCC1. The summed E-state index contributed by atoms with van der Waals surface area (Å²) in [7, 11) is 0. The van der Waals surface area contributed by atoms with Gasteiger partial charge in [0.25, 0.3) is 0 Å². The molecule has 1 heterocycles. The standard InChI is InChI=1S/C20H30N2O3/c1-3-8-19(2,21)18(23)22-14-20(9-4-5-10-20)15-6-7-16-17(13-15)25-12-11-24-16/h6-7,13H,3-5,8-12,14,21H2,1-2H3,(H,22,23). The average Bonchev–Trinajstić information content (AvgIpc) is 3.09. The van der Waals surface area contributed by atoms with E-state index in [4.69, 9.17) is 15.2 Å². The molecule has 1 aliphatic carbocycles. The summed E-state index contributed by atoms with van der Waals surface area (Å²) >= 11 is 0. The van der Waals surface area contributed by atoms with Gasteiger partial charge in [0.05, 0.1) is 5.54 Å². The van der Waals surface area contributed by atoms with Crippen LogP contribution in [-0.4, -0.2) is 31.2 Å². The van der Waals surface area contributed by atoms with Crippen LogP contribution in [0.1, 0.15) is 57.9 Å². The van der Waals surface area contributed by atoms with Gasteiger partial charge in [-0.05, 0) is 43.9 Å². The van der Waals surface area contributed by atoms with Crippen LogP contribution in [0.25, 0.3) is 0 Å². The number of carbonyl (C=O) groups excluding carboxylic acids is 1. The number of ether oxygens (including phenoxy) is 2. The van der Waals surface area contributed by atoms with E-state index in [1.807, 2.05) is 19.9 Å². The first kappa shape index (κ1) is 18.1. The molecule has 1 saturated carbocycles. The zero-order valence-corrected chi connectivity index (χ0v) is 15.4. The molecule has 3 N–H and O–H groups in total. The molecule has 25 heavy (non-hydrogen) atoms. The van der Waals surface area contributed by atoms with Crippen molar-refractivity contribution in [1.29, 1.82) is 0 Å². The molecular formula is C20H30N2O3. The van der Waals surface area contributed by atoms with Crippen LogP contribution in [0.15, 0.2) is 18.2 Å². The second-order valence-electron chi connectivity index (χ2n) is 7.70. The zero-order valence-electron chi connectivity index (χ0n) is 15.4. The molecule has 1 fully saturated rings. The minimum Gasteiger partial charge on any atom is -0.486 e. The van der Waals surface area contributed by atoms with Gasteiger partial charge in [-0.2, -0.15) is 0 Å². The van der Waals surface area contributed by atoms with E-state index >= 15 is 0 Å². The lowest BCUT2D eigenvalue weighted by Crippen LogP contribution is -2.54. The summed E-state index contributed by atoms with van der Waals surface area (Å²) in [6.45, 7) is 5.67. The molecule has 1 unspecified atom stereocenters. The Kier molecular flexibility index (Phi) is 5.23. The number of nitrogens with two attached hydrogens (primary N) is 1. The third-order valence-electron chi connectivity index (χ3n) is 5.59. The molecule has 0 spiro atoms. The highest BCUT2D eigenvalue weighted by Crippen LogP contribution is 2.43. The van der Waals surface area contributed by atoms with Gasteiger partial charge >= 0.3 is 0 Å². The maximum Gasteiger partial charge on any atom is 0.239 e. The van der Waals surface area contributed by atoms with E-state index in [1.54, 1.807) is 0 Å². The molecule has 1 aliphatic heterocycles. The highest BCUT2D eigenvalue weighted by molar-refractivity contribution is 5.85. The zero-order chi connectivity index (χ0) is 17.9. The summed E-state index contributed by atoms with van der Waals surface area (Å²) in [6, 6.07) is 6.22. The van der Waals surface area contributed by atoms with Gasteiger partial charge in [-0.3, -0.25) is 4.79 Å². The summed E-state index contributed by atoms with van der Waals surface area (Å²) in [4.78, 5) is 12.5. The smallest absolute Gasteiger partial charge is 0.239 e. The lowest BCUT2D eigenvalue weighted by atomic mass is 9.78. The first-order chi connectivity index (χ1) is 12.0. The number of hydrogen-bond donors (Lipinski definition) is 2. The molecule has 1 atom stereocenters. The summed E-state index contributed by atoms with van der Waals surface area (Å²) < 4.78 is 11.4. The van der Waals surface area contributed by atoms with E-state index < -0.39 is 5.54 Å². The van der Waals surface area contributed by atoms with Crippen molar-refractivity contribution < 1.29 is 14.3 Å². The molecule has 5 nitrogen and oxygen atoms in total. The fraction of sp³-hybridized carbons (Fsp3) is 0.650. The molecule has 5 heteroatoms. The fourth-order valence-corrected chi connectivity index (χ4v) is 4.08. The van der Waals surface area contributed by atoms with Crippen LogP contribution in [0.3, 0.4) is 0 Å². The molecule has 138 valence electrons. The monoisotopic (exact) mass is 346 g/mol. The van der Waals surface area contributed by atoms with Crippen molar-refractivity contribution in [2.75, 3.05) is 19.8 Å². The van der Waals surface area contributed by atoms with Gasteiger partial charge in [0.15, 0.2) is 11.5 Å². The Hall–Kier alpha value is -1.75. The Bertz CT molecular complexity index is 621. The predicted octanol–water partition coefficient (Wildman–Crippen LogP) is 2.90. The van der Waals surface area contributed by atoms with Crippen LogP contribution in [0.4, 0.5) is 0 Å². The lowest BCUT2D eigenvalue weighted by Gasteiger charge is -2.33. The maximum atomic E-state index is 12.5. The van der Waals surface area contributed by atoms with E-state index in [2.05, 4.69) is 17.4 Å². The van der Waals surface area contributed by atoms with Crippen molar-refractivity contribution in [3.8, 4) is 11.5 Å². The number of hydrogen-bond acceptors (Lipinski definition) is 4. The van der Waals surface area contributed by atoms with Gasteiger partial charge in [0, 0.05) is 12.0 Å². The van der Waals surface area contributed by atoms with Crippen LogP contribution in [0, 0.1) is 0 Å². The number of benzene rings is 1. The highest BCUT2D eigenvalue weighted by atomic mass is 16.6. The third-order valence-corrected chi connectivity index (χ3v) is 5.59. The molecule has 1 amide bonds. The van der Waals surface area contributed by atoms with Crippen molar-refractivity contribution in [3.05, 3.63) is 23.8 Å². The summed E-state index contributed by atoms with van der Waals surface area (Å²) in [5.74, 6) is 1.57. The van der Waals surface area contributed by atoms with E-state index in [9.17, 15) is 4.79 Å². The fourth-order valence-electron chi connectivity index (χ4n) is 4.08. The number of amides is 1. The summed E-state index contributed by atoms with van der Waals surface area (Å²) in [6.07, 6.45) is 6.09. The number of carbonyl (C=O) groups is 1. The quantitative estimate of drug-likeness (QED) is 0.831. The molecule has 1 aromatic rings. The Labute approximate surface area is 150 Å². The van der Waals surface area contributed by atoms with E-state index in [1.165, 1.54) is 18.4 Å². The molecule has 1 aromatic carbocycles. The predicted molar refractivity (Wildman–Crippen MR) is 98.1 cm³/mol. The Morgan fingerprint density at radius 3 is 2.60 bits per heavy atom. The van der Waals surface area contributed by atoms with Crippen LogP contribution in [-0.2, 0) is 10.2 Å². The molecule has 0 radical (unpaired) electrons. The largest absolute Gasteiger partial charge is 0.486 e. The van der Waals surface area contributed by atoms with Crippen molar-refractivity contribution in [2.24, 2.45) is 5.73 Å². The first-order valence-corrected chi connectivity index (χ1v) is 9.44. The molecule has 2 aliphatic rings. The lowest BCUT2D eigenvalue weighted by molar-refractivity contribution is -0.126. The first-order valence-electron chi connectivity index (χ1n) is 9.44. The van der Waals surface area contributed by atoms with E-state index in [0.717, 1.165) is 30.8 Å². The average molecular weight is 346 g/mol. The van der Waals surface area contributed by atoms with E-state index in [-0.39, 0.29) is 11.3 Å². The maximum absolute atomic E-state index is 12.5. The summed E-state index contributed by atoms with van der Waals surface area (Å²) in [5.41, 5.74) is 6.57. The van der Waals surface area contributed by atoms with Crippen LogP contribution < -0.4 is 20.5 Å². The summed E-state index contributed by atoms with van der Waals surface area (Å²) in [5, 5.41) is 3.13. The number of rotatable bonds is 6. The van der Waals surface area contributed by atoms with Crippen molar-refractivity contribution in [3.63, 3.8) is 0 Å². The normalized spacial score (nSPS) is 20.8. The van der Waals surface area contributed by atoms with Gasteiger partial charge in [-0.25, -0.2) is 0 Å². The van der Waals surface area contributed by atoms with Gasteiger partial charge in [0.1, 0.15) is 13.2 Å². The second kappa shape index (κ2) is 7.24. The second-order valence-corrected chi connectivity index (χ2v) is 7.70. The molecule has 3 rings (SSSR count). The minimum atomic E-state index is -0.804. The topological polar surface area (TPSA) is 73.6 Å². The van der Waals surface area contributed by atoms with Crippen LogP contribution >= 0.6 is 0 Å². The molecular weight excluding hydrogens is 316 g/mol. The Morgan fingerprint density at radius 2 is 1.92 bits per heavy atom. The molecule has 0 saturated heterocycles. The van der Waals surface area contributed by atoms with Crippen molar-refractivity contribution in [1.82, 2.24) is 5.32 Å². The highest BCUT2D eigenvalue weighted by Gasteiger charge is 2.38. The Balaban J connectivity index is 1.77. The molecule has 0 aromatic heterocycles. The van der Waals surface area contributed by atoms with Crippen molar-refractivity contribution in [2.45, 2.75) is 63.3 Å². The van der Waals surface area contributed by atoms with Gasteiger partial charge in [-0.1, -0.05) is 32.3 Å². The van der Waals surface area contributed by atoms with Gasteiger partial charge < -0.3 is 20.5 Å².